The first-order valence-corrected chi connectivity index (χ1v) is 7.12. The number of carbonyl (C=O) groups is 1. The van der Waals surface area contributed by atoms with E-state index in [4.69, 9.17) is 0 Å². The van der Waals surface area contributed by atoms with Gasteiger partial charge >= 0.3 is 0 Å². The van der Waals surface area contributed by atoms with Crippen LogP contribution >= 0.6 is 0 Å². The van der Waals surface area contributed by atoms with E-state index in [9.17, 15) is 4.79 Å². The van der Waals surface area contributed by atoms with Crippen LogP contribution < -0.4 is 15.5 Å². The second kappa shape index (κ2) is 7.28. The number of nitrogens with one attached hydrogen (secondary N) is 2. The topological polar surface area (TPSA) is 62.2 Å². The summed E-state index contributed by atoms with van der Waals surface area (Å²) in [5.41, 5.74) is 2.15. The second-order valence-electron chi connectivity index (χ2n) is 5.28. The van der Waals surface area contributed by atoms with Gasteiger partial charge in [-0.05, 0) is 34.7 Å². The van der Waals surface area contributed by atoms with Crippen LogP contribution in [-0.4, -0.2) is 41.9 Å². The molecule has 1 aromatic rings. The Morgan fingerprint density at radius 2 is 2.10 bits per heavy atom. The maximum Gasteiger partial charge on any atom is 0.239 e. The molecule has 114 valence electrons. The van der Waals surface area contributed by atoms with Gasteiger partial charge < -0.3 is 15.5 Å². The maximum absolute atomic E-state index is 12.0. The van der Waals surface area contributed by atoms with Crippen LogP contribution in [0.25, 0.3) is 0 Å². The van der Waals surface area contributed by atoms with Crippen molar-refractivity contribution in [3.63, 3.8) is 0 Å². The molecular formula is C14H27N5O. The highest BCUT2D eigenvalue weighted by atomic mass is 16.2. The first-order valence-electron chi connectivity index (χ1n) is 7.12. The fourth-order valence-corrected chi connectivity index (χ4v) is 2.35. The van der Waals surface area contributed by atoms with Gasteiger partial charge in [-0.2, -0.15) is 5.10 Å². The van der Waals surface area contributed by atoms with Crippen LogP contribution in [0.1, 0.15) is 32.0 Å². The van der Waals surface area contributed by atoms with Gasteiger partial charge in [-0.25, -0.2) is 0 Å². The number of rotatable bonds is 7. The number of aromatic nitrogens is 2. The van der Waals surface area contributed by atoms with Gasteiger partial charge in [-0.1, -0.05) is 0 Å². The number of hydrogen-bond acceptors (Lipinski definition) is 4. The smallest absolute Gasteiger partial charge is 0.239 e. The molecule has 1 amide bonds. The van der Waals surface area contributed by atoms with Gasteiger partial charge in [0.2, 0.25) is 5.91 Å². The third-order valence-electron chi connectivity index (χ3n) is 3.13. The standard InChI is InChI=1S/C14H27N5O/c1-7-19(9-13(20)16-10(2)3)14-12(8-15-5)11(4)17-18(14)6/h10,15H,7-9H2,1-6H3,(H,16,20). The lowest BCUT2D eigenvalue weighted by atomic mass is 10.2. The Morgan fingerprint density at radius 1 is 1.45 bits per heavy atom. The van der Waals surface area contributed by atoms with Crippen molar-refractivity contribution in [2.45, 2.75) is 40.3 Å². The molecule has 0 saturated carbocycles. The molecule has 0 aromatic carbocycles. The summed E-state index contributed by atoms with van der Waals surface area (Å²) in [6, 6.07) is 0.159. The summed E-state index contributed by atoms with van der Waals surface area (Å²) >= 11 is 0. The van der Waals surface area contributed by atoms with E-state index < -0.39 is 0 Å². The molecule has 0 radical (unpaired) electrons. The van der Waals surface area contributed by atoms with Crippen molar-refractivity contribution in [1.29, 1.82) is 0 Å². The zero-order valence-electron chi connectivity index (χ0n) is 13.4. The summed E-state index contributed by atoms with van der Waals surface area (Å²) in [7, 11) is 3.84. The summed E-state index contributed by atoms with van der Waals surface area (Å²) < 4.78 is 1.86. The van der Waals surface area contributed by atoms with Crippen molar-refractivity contribution in [2.75, 3.05) is 25.0 Å². The molecule has 0 spiro atoms. The van der Waals surface area contributed by atoms with Crippen molar-refractivity contribution >= 4 is 11.7 Å². The third-order valence-corrected chi connectivity index (χ3v) is 3.13. The summed E-state index contributed by atoms with van der Waals surface area (Å²) in [4.78, 5) is 14.0. The largest absolute Gasteiger partial charge is 0.352 e. The van der Waals surface area contributed by atoms with Gasteiger partial charge in [0.1, 0.15) is 5.82 Å². The molecule has 0 saturated heterocycles. The molecule has 0 unspecified atom stereocenters. The quantitative estimate of drug-likeness (QED) is 0.776. The minimum Gasteiger partial charge on any atom is -0.352 e. The van der Waals surface area contributed by atoms with Gasteiger partial charge in [0.25, 0.3) is 0 Å². The van der Waals surface area contributed by atoms with Crippen molar-refractivity contribution < 1.29 is 4.79 Å². The molecule has 1 aromatic heterocycles. The van der Waals surface area contributed by atoms with Crippen LogP contribution in [0.5, 0.6) is 0 Å². The summed E-state index contributed by atoms with van der Waals surface area (Å²) in [6.07, 6.45) is 0. The van der Waals surface area contributed by atoms with Crippen LogP contribution in [0, 0.1) is 6.92 Å². The van der Waals surface area contributed by atoms with E-state index in [-0.39, 0.29) is 11.9 Å². The lowest BCUT2D eigenvalue weighted by Crippen LogP contribution is -2.41. The van der Waals surface area contributed by atoms with E-state index in [0.29, 0.717) is 6.54 Å². The second-order valence-corrected chi connectivity index (χ2v) is 5.28. The summed E-state index contributed by atoms with van der Waals surface area (Å²) in [5.74, 6) is 1.05. The fraction of sp³-hybridized carbons (Fsp3) is 0.714. The zero-order chi connectivity index (χ0) is 15.3. The number of hydrogen-bond donors (Lipinski definition) is 2. The minimum atomic E-state index is 0.0381. The Labute approximate surface area is 121 Å². The average molecular weight is 281 g/mol. The SMILES string of the molecule is CCN(CC(=O)NC(C)C)c1c(CNC)c(C)nn1C. The van der Waals surface area contributed by atoms with Crippen LogP contribution in [0.2, 0.25) is 0 Å². The molecule has 0 fully saturated rings. The third kappa shape index (κ3) is 3.96. The number of likely N-dealkylation sites (N-methyl/N-ethyl adjacent to an activating group) is 1. The molecule has 0 aliphatic heterocycles. The molecule has 2 N–H and O–H groups in total. The Morgan fingerprint density at radius 3 is 2.60 bits per heavy atom. The maximum atomic E-state index is 12.0. The summed E-state index contributed by atoms with van der Waals surface area (Å²) in [6.45, 7) is 9.85. The van der Waals surface area contributed by atoms with Crippen molar-refractivity contribution in [1.82, 2.24) is 20.4 Å². The van der Waals surface area contributed by atoms with Gasteiger partial charge in [0, 0.05) is 31.7 Å². The molecular weight excluding hydrogens is 254 g/mol. The van der Waals surface area contributed by atoms with Gasteiger partial charge in [0.05, 0.1) is 12.2 Å². The van der Waals surface area contributed by atoms with Crippen LogP contribution in [-0.2, 0) is 18.4 Å². The Balaban J connectivity index is 2.97. The monoisotopic (exact) mass is 281 g/mol. The first kappa shape index (κ1) is 16.5. The van der Waals surface area contributed by atoms with Gasteiger partial charge in [0.15, 0.2) is 0 Å². The summed E-state index contributed by atoms with van der Waals surface area (Å²) in [5, 5.41) is 10.6. The molecule has 6 heteroatoms. The molecule has 0 aliphatic rings. The highest BCUT2D eigenvalue weighted by Gasteiger charge is 2.20. The highest BCUT2D eigenvalue weighted by molar-refractivity contribution is 5.81. The zero-order valence-corrected chi connectivity index (χ0v) is 13.4. The number of nitrogens with zero attached hydrogens (tertiary/aromatic N) is 3. The number of anilines is 1. The van der Waals surface area contributed by atoms with Crippen molar-refractivity contribution in [3.8, 4) is 0 Å². The normalized spacial score (nSPS) is 10.9. The highest BCUT2D eigenvalue weighted by Crippen LogP contribution is 2.22. The van der Waals surface area contributed by atoms with E-state index >= 15 is 0 Å². The Kier molecular flexibility index (Phi) is 6.01. The Bertz CT molecular complexity index is 453. The fourth-order valence-electron chi connectivity index (χ4n) is 2.35. The number of amides is 1. The minimum absolute atomic E-state index is 0.0381. The lowest BCUT2D eigenvalue weighted by molar-refractivity contribution is -0.120. The van der Waals surface area contributed by atoms with Crippen LogP contribution in [0.3, 0.4) is 0 Å². The molecule has 0 atom stereocenters. The van der Waals surface area contributed by atoms with Crippen LogP contribution in [0.15, 0.2) is 0 Å². The molecule has 1 heterocycles. The first-order chi connectivity index (χ1) is 9.40. The van der Waals surface area contributed by atoms with Gasteiger partial charge in [-0.3, -0.25) is 9.48 Å². The Hall–Kier alpha value is -1.56. The number of aryl methyl sites for hydroxylation is 2. The average Bonchev–Trinajstić information content (AvgIpc) is 2.61. The molecule has 6 nitrogen and oxygen atoms in total. The number of carbonyl (C=O) groups excluding carboxylic acids is 1. The predicted molar refractivity (Wildman–Crippen MR) is 81.9 cm³/mol. The van der Waals surface area contributed by atoms with E-state index in [0.717, 1.165) is 30.2 Å². The van der Waals surface area contributed by atoms with E-state index in [1.54, 1.807) is 0 Å². The predicted octanol–water partition coefficient (Wildman–Crippen LogP) is 0.799. The van der Waals surface area contributed by atoms with Crippen LogP contribution in [0.4, 0.5) is 5.82 Å². The lowest BCUT2D eigenvalue weighted by Gasteiger charge is -2.24. The molecule has 0 bridgehead atoms. The van der Waals surface area contributed by atoms with Crippen molar-refractivity contribution in [2.24, 2.45) is 7.05 Å². The molecule has 20 heavy (non-hydrogen) atoms. The molecule has 1 rings (SSSR count). The van der Waals surface area contributed by atoms with Gasteiger partial charge in [-0.15, -0.1) is 0 Å². The van der Waals surface area contributed by atoms with Crippen molar-refractivity contribution in [3.05, 3.63) is 11.3 Å². The van der Waals surface area contributed by atoms with E-state index in [1.165, 1.54) is 0 Å². The van der Waals surface area contributed by atoms with E-state index in [2.05, 4.69) is 20.6 Å². The molecule has 0 aliphatic carbocycles. The van der Waals surface area contributed by atoms with E-state index in [1.807, 2.05) is 46.5 Å².